The molecule has 0 aromatic carbocycles. The van der Waals surface area contributed by atoms with Crippen LogP contribution in [-0.2, 0) is 0 Å². The smallest absolute Gasteiger partial charge is 0.0621 e. The van der Waals surface area contributed by atoms with Crippen LogP contribution in [0.5, 0.6) is 0 Å². The van der Waals surface area contributed by atoms with Crippen molar-refractivity contribution in [2.45, 2.75) is 71.6 Å². The van der Waals surface area contributed by atoms with Gasteiger partial charge in [0.1, 0.15) is 0 Å². The van der Waals surface area contributed by atoms with Gasteiger partial charge < -0.3 is 0 Å². The highest BCUT2D eigenvalue weighted by Gasteiger charge is 1.94. The van der Waals surface area contributed by atoms with E-state index in [1.54, 1.807) is 0 Å². The molecule has 0 saturated heterocycles. The third-order valence-electron chi connectivity index (χ3n) is 2.57. The zero-order valence-corrected chi connectivity index (χ0v) is 9.89. The molecule has 0 unspecified atom stereocenters. The van der Waals surface area contributed by atoms with Gasteiger partial charge in [-0.25, -0.2) is 0 Å². The summed E-state index contributed by atoms with van der Waals surface area (Å²) >= 11 is 0. The van der Waals surface area contributed by atoms with E-state index in [1.807, 2.05) is 0 Å². The zero-order chi connectivity index (χ0) is 10.6. The average Bonchev–Trinajstić information content (AvgIpc) is 2.15. The number of nitriles is 1. The summed E-state index contributed by atoms with van der Waals surface area (Å²) in [5.41, 5.74) is 0. The minimum absolute atomic E-state index is 0.743. The van der Waals surface area contributed by atoms with Crippen LogP contribution >= 0.6 is 0 Å². The van der Waals surface area contributed by atoms with Crippen molar-refractivity contribution in [1.29, 1.82) is 5.26 Å². The first-order valence-electron chi connectivity index (χ1n) is 6.14. The van der Waals surface area contributed by atoms with Gasteiger partial charge in [-0.05, 0) is 12.3 Å². The molecule has 82 valence electrons. The fraction of sp³-hybridized carbons (Fsp3) is 0.923. The molecule has 0 bridgehead atoms. The summed E-state index contributed by atoms with van der Waals surface area (Å²) in [6.07, 6.45) is 11.3. The maximum absolute atomic E-state index is 8.34. The first-order chi connectivity index (χ1) is 6.77. The van der Waals surface area contributed by atoms with E-state index in [1.165, 1.54) is 44.9 Å². The van der Waals surface area contributed by atoms with E-state index in [9.17, 15) is 0 Å². The van der Waals surface area contributed by atoms with Gasteiger partial charge in [0.25, 0.3) is 0 Å². The maximum Gasteiger partial charge on any atom is 0.0621 e. The lowest BCUT2D eigenvalue weighted by Gasteiger charge is -2.03. The highest BCUT2D eigenvalue weighted by atomic mass is 14.2. The summed E-state index contributed by atoms with van der Waals surface area (Å²) in [5, 5.41) is 8.34. The number of nitrogens with zero attached hydrogens (tertiary/aromatic N) is 1. The minimum Gasteiger partial charge on any atom is -0.198 e. The Morgan fingerprint density at radius 2 is 1.36 bits per heavy atom. The van der Waals surface area contributed by atoms with Crippen molar-refractivity contribution in [3.8, 4) is 6.07 Å². The molecule has 0 aromatic rings. The predicted octanol–water partition coefficient (Wildman–Crippen LogP) is 4.68. The average molecular weight is 195 g/mol. The standard InChI is InChI=1S/C13H25N/c1-13(2)11-9-7-5-3-4-6-8-10-12-14/h13H,3-11H2,1-2H3. The van der Waals surface area contributed by atoms with Gasteiger partial charge in [0.2, 0.25) is 0 Å². The summed E-state index contributed by atoms with van der Waals surface area (Å²) in [5.74, 6) is 0.866. The molecule has 0 N–H and O–H groups in total. The van der Waals surface area contributed by atoms with Crippen molar-refractivity contribution in [2.75, 3.05) is 0 Å². The Kier molecular flexibility index (Phi) is 10.2. The van der Waals surface area contributed by atoms with Crippen molar-refractivity contribution in [3.05, 3.63) is 0 Å². The molecule has 0 heterocycles. The van der Waals surface area contributed by atoms with Crippen molar-refractivity contribution in [2.24, 2.45) is 5.92 Å². The predicted molar refractivity (Wildman–Crippen MR) is 62.0 cm³/mol. The Hall–Kier alpha value is -0.510. The molecule has 0 aliphatic carbocycles. The largest absolute Gasteiger partial charge is 0.198 e. The molecule has 0 aliphatic rings. The minimum atomic E-state index is 0.743. The molecule has 14 heavy (non-hydrogen) atoms. The Bertz CT molecular complexity index is 144. The SMILES string of the molecule is CC(C)CCCCCCCCCC#N. The molecule has 0 aromatic heterocycles. The van der Waals surface area contributed by atoms with E-state index in [0.717, 1.165) is 18.8 Å². The summed E-state index contributed by atoms with van der Waals surface area (Å²) in [4.78, 5) is 0. The fourth-order valence-corrected chi connectivity index (χ4v) is 1.64. The molecule has 1 heteroatoms. The normalized spacial score (nSPS) is 10.4. The Morgan fingerprint density at radius 1 is 0.857 bits per heavy atom. The van der Waals surface area contributed by atoms with Crippen LogP contribution in [0.1, 0.15) is 71.6 Å². The highest BCUT2D eigenvalue weighted by molar-refractivity contribution is 4.67. The number of unbranched alkanes of at least 4 members (excludes halogenated alkanes) is 7. The van der Waals surface area contributed by atoms with Gasteiger partial charge in [-0.3, -0.25) is 0 Å². The Labute approximate surface area is 89.5 Å². The second-order valence-corrected chi connectivity index (χ2v) is 4.57. The summed E-state index contributed by atoms with van der Waals surface area (Å²) in [7, 11) is 0. The number of hydrogen-bond acceptors (Lipinski definition) is 1. The molecule has 1 nitrogen and oxygen atoms in total. The van der Waals surface area contributed by atoms with Crippen molar-refractivity contribution in [3.63, 3.8) is 0 Å². The van der Waals surface area contributed by atoms with Gasteiger partial charge in [0.15, 0.2) is 0 Å². The molecule has 0 atom stereocenters. The van der Waals surface area contributed by atoms with Crippen LogP contribution < -0.4 is 0 Å². The van der Waals surface area contributed by atoms with Crippen molar-refractivity contribution >= 4 is 0 Å². The van der Waals surface area contributed by atoms with Gasteiger partial charge >= 0.3 is 0 Å². The Morgan fingerprint density at radius 3 is 1.86 bits per heavy atom. The van der Waals surface area contributed by atoms with Crippen LogP contribution in [0.4, 0.5) is 0 Å². The number of rotatable bonds is 9. The van der Waals surface area contributed by atoms with Gasteiger partial charge in [-0.15, -0.1) is 0 Å². The van der Waals surface area contributed by atoms with Crippen LogP contribution in [0, 0.1) is 17.2 Å². The second kappa shape index (κ2) is 10.6. The van der Waals surface area contributed by atoms with Crippen LogP contribution in [0.3, 0.4) is 0 Å². The van der Waals surface area contributed by atoms with Crippen molar-refractivity contribution in [1.82, 2.24) is 0 Å². The van der Waals surface area contributed by atoms with Crippen LogP contribution in [0.25, 0.3) is 0 Å². The van der Waals surface area contributed by atoms with Crippen LogP contribution in [0.15, 0.2) is 0 Å². The van der Waals surface area contributed by atoms with E-state index in [2.05, 4.69) is 19.9 Å². The second-order valence-electron chi connectivity index (χ2n) is 4.57. The monoisotopic (exact) mass is 195 g/mol. The van der Waals surface area contributed by atoms with E-state index in [4.69, 9.17) is 5.26 Å². The molecular formula is C13H25N. The summed E-state index contributed by atoms with van der Waals surface area (Å²) in [6, 6.07) is 2.19. The lowest BCUT2D eigenvalue weighted by Crippen LogP contribution is -1.87. The molecule has 0 radical (unpaired) electrons. The van der Waals surface area contributed by atoms with Crippen LogP contribution in [-0.4, -0.2) is 0 Å². The first-order valence-corrected chi connectivity index (χ1v) is 6.14. The molecule has 0 aliphatic heterocycles. The highest BCUT2D eigenvalue weighted by Crippen LogP contribution is 2.12. The Balaban J connectivity index is 2.89. The van der Waals surface area contributed by atoms with E-state index in [-0.39, 0.29) is 0 Å². The van der Waals surface area contributed by atoms with Gasteiger partial charge in [-0.1, -0.05) is 58.8 Å². The quantitative estimate of drug-likeness (QED) is 0.490. The van der Waals surface area contributed by atoms with E-state index >= 15 is 0 Å². The molecular weight excluding hydrogens is 170 g/mol. The lowest BCUT2D eigenvalue weighted by atomic mass is 10.0. The zero-order valence-electron chi connectivity index (χ0n) is 9.89. The number of hydrogen-bond donors (Lipinski definition) is 0. The third kappa shape index (κ3) is 11.5. The third-order valence-corrected chi connectivity index (χ3v) is 2.57. The summed E-state index contributed by atoms with van der Waals surface area (Å²) in [6.45, 7) is 4.59. The van der Waals surface area contributed by atoms with Gasteiger partial charge in [-0.2, -0.15) is 5.26 Å². The molecule has 0 spiro atoms. The molecule has 0 amide bonds. The van der Waals surface area contributed by atoms with Gasteiger partial charge in [0, 0.05) is 6.42 Å². The summed E-state index contributed by atoms with van der Waals surface area (Å²) < 4.78 is 0. The van der Waals surface area contributed by atoms with E-state index in [0.29, 0.717) is 0 Å². The van der Waals surface area contributed by atoms with Gasteiger partial charge in [0.05, 0.1) is 6.07 Å². The first kappa shape index (κ1) is 13.5. The maximum atomic E-state index is 8.34. The lowest BCUT2D eigenvalue weighted by molar-refractivity contribution is 0.510. The van der Waals surface area contributed by atoms with E-state index < -0.39 is 0 Å². The van der Waals surface area contributed by atoms with Crippen molar-refractivity contribution < 1.29 is 0 Å². The molecule has 0 rings (SSSR count). The molecule has 0 saturated carbocycles. The van der Waals surface area contributed by atoms with Crippen LogP contribution in [0.2, 0.25) is 0 Å². The molecule has 0 fully saturated rings. The fourth-order valence-electron chi connectivity index (χ4n) is 1.64. The topological polar surface area (TPSA) is 23.8 Å².